The number of unbranched alkanes of at least 4 members (excludes halogenated alkanes) is 8. The van der Waals surface area contributed by atoms with Crippen LogP contribution in [0.15, 0.2) is 0 Å². The lowest BCUT2D eigenvalue weighted by molar-refractivity contribution is -0.136. The fourth-order valence-corrected chi connectivity index (χ4v) is 2.28. The highest BCUT2D eigenvalue weighted by Gasteiger charge is 2.17. The van der Waals surface area contributed by atoms with Crippen LogP contribution in [0.2, 0.25) is 0 Å². The van der Waals surface area contributed by atoms with Gasteiger partial charge in [0.1, 0.15) is 0 Å². The maximum Gasteiger partial charge on any atom is 0.317 e. The summed E-state index contributed by atoms with van der Waals surface area (Å²) in [4.78, 5) is 10.5. The van der Waals surface area contributed by atoms with E-state index in [2.05, 4.69) is 26.1 Å². The third-order valence-electron chi connectivity index (χ3n) is 3.62. The smallest absolute Gasteiger partial charge is 0.317 e. The van der Waals surface area contributed by atoms with Crippen molar-refractivity contribution >= 4 is 5.97 Å². The van der Waals surface area contributed by atoms with Gasteiger partial charge in [-0.3, -0.25) is 4.79 Å². The van der Waals surface area contributed by atoms with Crippen LogP contribution in [-0.2, 0) is 4.79 Å². The first-order valence-electron chi connectivity index (χ1n) is 7.95. The maximum atomic E-state index is 10.5. The van der Waals surface area contributed by atoms with Crippen molar-refractivity contribution in [2.24, 2.45) is 0 Å². The van der Waals surface area contributed by atoms with Gasteiger partial charge in [-0.1, -0.05) is 64.7 Å². The van der Waals surface area contributed by atoms with E-state index in [1.54, 1.807) is 0 Å². The second kappa shape index (κ2) is 11.3. The predicted molar refractivity (Wildman–Crippen MR) is 81.6 cm³/mol. The van der Waals surface area contributed by atoms with E-state index in [1.807, 2.05) is 0 Å². The lowest BCUT2D eigenvalue weighted by atomic mass is 9.96. The van der Waals surface area contributed by atoms with Gasteiger partial charge in [-0.15, -0.1) is 0 Å². The predicted octanol–water partition coefficient (Wildman–Crippen LogP) is 4.36. The number of carbonyl (C=O) groups is 1. The molecule has 3 nitrogen and oxygen atoms in total. The summed E-state index contributed by atoms with van der Waals surface area (Å²) in [5.74, 6) is -0.778. The zero-order valence-corrected chi connectivity index (χ0v) is 13.1. The molecule has 0 fully saturated rings. The molecule has 3 heteroatoms. The molecular formula is C16H33NO2. The van der Waals surface area contributed by atoms with E-state index in [0.29, 0.717) is 0 Å². The summed E-state index contributed by atoms with van der Waals surface area (Å²) in [6.45, 7) is 6.48. The summed E-state index contributed by atoms with van der Waals surface area (Å²) in [6, 6.07) is 0. The van der Waals surface area contributed by atoms with Crippen LogP contribution in [0.5, 0.6) is 0 Å². The minimum atomic E-state index is -0.778. The van der Waals surface area contributed by atoms with Crippen LogP contribution in [-0.4, -0.2) is 23.2 Å². The quantitative estimate of drug-likeness (QED) is 0.489. The first-order valence-corrected chi connectivity index (χ1v) is 7.95. The van der Waals surface area contributed by atoms with Crippen LogP contribution < -0.4 is 5.32 Å². The molecule has 19 heavy (non-hydrogen) atoms. The summed E-state index contributed by atoms with van der Waals surface area (Å²) < 4.78 is 0. The number of nitrogens with one attached hydrogen (secondary N) is 1. The molecule has 0 saturated heterocycles. The van der Waals surface area contributed by atoms with Crippen LogP contribution in [0.25, 0.3) is 0 Å². The van der Waals surface area contributed by atoms with Crippen LogP contribution in [0.4, 0.5) is 0 Å². The number of rotatable bonds is 13. The van der Waals surface area contributed by atoms with E-state index in [0.717, 1.165) is 6.42 Å². The van der Waals surface area contributed by atoms with Crippen LogP contribution in [0.3, 0.4) is 0 Å². The number of carboxylic acids is 1. The molecule has 0 bridgehead atoms. The summed E-state index contributed by atoms with van der Waals surface area (Å²) in [6.07, 6.45) is 13.0. The van der Waals surface area contributed by atoms with Gasteiger partial charge in [0.2, 0.25) is 0 Å². The average molecular weight is 271 g/mol. The topological polar surface area (TPSA) is 49.3 Å². The SMILES string of the molecule is CCCCCCCCCCCC(C)(C)NCC(=O)O. The second-order valence-electron chi connectivity index (χ2n) is 6.21. The molecule has 0 atom stereocenters. The molecule has 2 N–H and O–H groups in total. The van der Waals surface area contributed by atoms with Gasteiger partial charge in [-0.05, 0) is 20.3 Å². The molecule has 0 spiro atoms. The molecule has 0 amide bonds. The summed E-state index contributed by atoms with van der Waals surface area (Å²) >= 11 is 0. The van der Waals surface area contributed by atoms with Gasteiger partial charge in [-0.2, -0.15) is 0 Å². The van der Waals surface area contributed by atoms with Crippen LogP contribution in [0, 0.1) is 0 Å². The molecule has 114 valence electrons. The largest absolute Gasteiger partial charge is 0.480 e. The van der Waals surface area contributed by atoms with Gasteiger partial charge in [0.25, 0.3) is 0 Å². The first-order chi connectivity index (χ1) is 8.98. The molecule has 0 aromatic rings. The summed E-state index contributed by atoms with van der Waals surface area (Å²) in [5, 5.41) is 11.7. The summed E-state index contributed by atoms with van der Waals surface area (Å²) in [7, 11) is 0. The Balaban J connectivity index is 3.35. The lowest BCUT2D eigenvalue weighted by Gasteiger charge is -2.25. The molecule has 0 saturated carbocycles. The molecule has 0 aromatic carbocycles. The van der Waals surface area contributed by atoms with E-state index >= 15 is 0 Å². The van der Waals surface area contributed by atoms with Crippen molar-refractivity contribution in [1.29, 1.82) is 0 Å². The Labute approximate surface area is 119 Å². The summed E-state index contributed by atoms with van der Waals surface area (Å²) in [5.41, 5.74) is -0.0560. The van der Waals surface area contributed by atoms with Crippen molar-refractivity contribution in [3.05, 3.63) is 0 Å². The van der Waals surface area contributed by atoms with Crippen LogP contribution in [0.1, 0.15) is 85.0 Å². The molecule has 0 heterocycles. The number of carboxylic acid groups (broad SMARTS) is 1. The normalized spacial score (nSPS) is 11.7. The van der Waals surface area contributed by atoms with Gasteiger partial charge in [0.05, 0.1) is 6.54 Å². The standard InChI is InChI=1S/C16H33NO2/c1-4-5-6-7-8-9-10-11-12-13-16(2,3)17-14-15(18)19/h17H,4-14H2,1-3H3,(H,18,19). The Morgan fingerprint density at radius 1 is 0.947 bits per heavy atom. The maximum absolute atomic E-state index is 10.5. The Bertz CT molecular complexity index is 227. The Morgan fingerprint density at radius 2 is 1.42 bits per heavy atom. The fraction of sp³-hybridized carbons (Fsp3) is 0.938. The van der Waals surface area contributed by atoms with Gasteiger partial charge in [0, 0.05) is 5.54 Å². The van der Waals surface area contributed by atoms with Gasteiger partial charge in [0.15, 0.2) is 0 Å². The minimum absolute atomic E-state index is 0.0560. The first kappa shape index (κ1) is 18.4. The highest BCUT2D eigenvalue weighted by atomic mass is 16.4. The zero-order valence-electron chi connectivity index (χ0n) is 13.1. The van der Waals surface area contributed by atoms with Crippen LogP contribution >= 0.6 is 0 Å². The minimum Gasteiger partial charge on any atom is -0.480 e. The molecule has 0 aromatic heterocycles. The highest BCUT2D eigenvalue weighted by molar-refractivity contribution is 5.69. The molecule has 0 unspecified atom stereocenters. The fourth-order valence-electron chi connectivity index (χ4n) is 2.28. The van der Waals surface area contributed by atoms with Crippen molar-refractivity contribution in [2.45, 2.75) is 90.5 Å². The molecule has 0 rings (SSSR count). The number of aliphatic carboxylic acids is 1. The van der Waals surface area contributed by atoms with Crippen molar-refractivity contribution in [2.75, 3.05) is 6.54 Å². The molecule has 0 aliphatic rings. The van der Waals surface area contributed by atoms with Crippen molar-refractivity contribution in [3.8, 4) is 0 Å². The Morgan fingerprint density at radius 3 is 1.89 bits per heavy atom. The van der Waals surface area contributed by atoms with E-state index in [1.165, 1.54) is 57.8 Å². The van der Waals surface area contributed by atoms with Gasteiger partial charge in [-0.25, -0.2) is 0 Å². The van der Waals surface area contributed by atoms with Gasteiger partial charge < -0.3 is 10.4 Å². The second-order valence-corrected chi connectivity index (χ2v) is 6.21. The third-order valence-corrected chi connectivity index (χ3v) is 3.62. The molecular weight excluding hydrogens is 238 g/mol. The van der Waals surface area contributed by atoms with E-state index in [9.17, 15) is 4.79 Å². The Hall–Kier alpha value is -0.570. The highest BCUT2D eigenvalue weighted by Crippen LogP contribution is 2.16. The van der Waals surface area contributed by atoms with Gasteiger partial charge >= 0.3 is 5.97 Å². The van der Waals surface area contributed by atoms with Crippen molar-refractivity contribution in [1.82, 2.24) is 5.32 Å². The number of hydrogen-bond acceptors (Lipinski definition) is 2. The molecule has 0 aliphatic carbocycles. The molecule has 0 radical (unpaired) electrons. The van der Waals surface area contributed by atoms with Crippen molar-refractivity contribution < 1.29 is 9.90 Å². The Kier molecular flexibility index (Phi) is 10.9. The third kappa shape index (κ3) is 13.7. The van der Waals surface area contributed by atoms with E-state index in [-0.39, 0.29) is 12.1 Å². The van der Waals surface area contributed by atoms with Crippen molar-refractivity contribution in [3.63, 3.8) is 0 Å². The lowest BCUT2D eigenvalue weighted by Crippen LogP contribution is -2.42. The van der Waals surface area contributed by atoms with E-state index in [4.69, 9.17) is 5.11 Å². The zero-order chi connectivity index (χ0) is 14.6. The molecule has 0 aliphatic heterocycles. The van der Waals surface area contributed by atoms with E-state index < -0.39 is 5.97 Å². The average Bonchev–Trinajstić information content (AvgIpc) is 2.34. The number of hydrogen-bond donors (Lipinski definition) is 2. The monoisotopic (exact) mass is 271 g/mol.